The largest absolute Gasteiger partial charge is 0.507 e. The maximum absolute atomic E-state index is 12.6. The first-order valence-corrected chi connectivity index (χ1v) is 11.7. The molecule has 1 aliphatic carbocycles. The lowest BCUT2D eigenvalue weighted by Crippen LogP contribution is -2.22. The summed E-state index contributed by atoms with van der Waals surface area (Å²) in [5.41, 5.74) is 1.31. The number of rotatable bonds is 6. The number of esters is 2. The molecule has 1 heterocycles. The quantitative estimate of drug-likeness (QED) is 0.510. The molecule has 0 saturated heterocycles. The van der Waals surface area contributed by atoms with Gasteiger partial charge in [0, 0.05) is 4.88 Å². The second-order valence-corrected chi connectivity index (χ2v) is 9.22. The maximum atomic E-state index is 12.6. The van der Waals surface area contributed by atoms with Crippen molar-refractivity contribution in [3.63, 3.8) is 0 Å². The number of hydrogen-bond donors (Lipinski definition) is 2. The summed E-state index contributed by atoms with van der Waals surface area (Å²) in [6.45, 7) is 3.58. The summed E-state index contributed by atoms with van der Waals surface area (Å²) in [7, 11) is 0. The number of phenols is 1. The van der Waals surface area contributed by atoms with Gasteiger partial charge in [-0.2, -0.15) is 0 Å². The molecule has 1 atom stereocenters. The summed E-state index contributed by atoms with van der Waals surface area (Å²) < 4.78 is 10.3. The Morgan fingerprint density at radius 3 is 2.58 bits per heavy atom. The van der Waals surface area contributed by atoms with Crippen molar-refractivity contribution in [2.45, 2.75) is 33.1 Å². The average Bonchev–Trinajstić information content (AvgIpc) is 3.13. The normalized spacial score (nSPS) is 15.0. The molecule has 0 bridgehead atoms. The van der Waals surface area contributed by atoms with Crippen molar-refractivity contribution in [2.24, 2.45) is 5.92 Å². The molecule has 33 heavy (non-hydrogen) atoms. The highest BCUT2D eigenvalue weighted by Crippen LogP contribution is 2.40. The van der Waals surface area contributed by atoms with Crippen LogP contribution in [0.4, 0.5) is 5.00 Å². The molecule has 1 aromatic heterocycles. The molecule has 172 valence electrons. The molecule has 3 aromatic rings. The summed E-state index contributed by atoms with van der Waals surface area (Å²) >= 11 is 1.37. The minimum absolute atomic E-state index is 0.0192. The van der Waals surface area contributed by atoms with E-state index in [9.17, 15) is 19.5 Å². The fourth-order valence-corrected chi connectivity index (χ4v) is 5.44. The lowest BCUT2D eigenvalue weighted by Gasteiger charge is -2.18. The van der Waals surface area contributed by atoms with Crippen molar-refractivity contribution in [3.8, 4) is 5.75 Å². The highest BCUT2D eigenvalue weighted by atomic mass is 32.1. The van der Waals surface area contributed by atoms with Crippen molar-refractivity contribution >= 4 is 45.0 Å². The minimum Gasteiger partial charge on any atom is -0.507 e. The second-order valence-electron chi connectivity index (χ2n) is 8.12. The minimum atomic E-state index is -0.807. The van der Waals surface area contributed by atoms with E-state index in [1.165, 1.54) is 23.5 Å². The van der Waals surface area contributed by atoms with E-state index in [-0.39, 0.29) is 17.9 Å². The SMILES string of the molecule is CCOC(=O)c1c(NC(=O)COC(=O)c2cc3ccccc3cc2O)sc2c1CCC(C)C2. The fraction of sp³-hybridized carbons (Fsp3) is 0.320. The number of hydrogen-bond acceptors (Lipinski definition) is 7. The average molecular weight is 468 g/mol. The van der Waals surface area contributed by atoms with Gasteiger partial charge in [-0.25, -0.2) is 9.59 Å². The predicted octanol–water partition coefficient (Wildman–Crippen LogP) is 4.70. The van der Waals surface area contributed by atoms with Gasteiger partial charge in [-0.15, -0.1) is 11.3 Å². The highest BCUT2D eigenvalue weighted by Gasteiger charge is 2.29. The van der Waals surface area contributed by atoms with E-state index in [0.717, 1.165) is 40.5 Å². The maximum Gasteiger partial charge on any atom is 0.342 e. The number of amides is 1. The topological polar surface area (TPSA) is 102 Å². The lowest BCUT2D eigenvalue weighted by molar-refractivity contribution is -0.119. The third kappa shape index (κ3) is 4.85. The van der Waals surface area contributed by atoms with Gasteiger partial charge in [0.25, 0.3) is 5.91 Å². The highest BCUT2D eigenvalue weighted by molar-refractivity contribution is 7.17. The molecule has 2 N–H and O–H groups in total. The Hall–Kier alpha value is -3.39. The molecule has 8 heteroatoms. The van der Waals surface area contributed by atoms with Gasteiger partial charge in [-0.05, 0) is 60.6 Å². The number of carbonyl (C=O) groups excluding carboxylic acids is 3. The van der Waals surface area contributed by atoms with Crippen LogP contribution in [-0.2, 0) is 27.1 Å². The van der Waals surface area contributed by atoms with Crippen LogP contribution in [0.15, 0.2) is 36.4 Å². The van der Waals surface area contributed by atoms with Gasteiger partial charge >= 0.3 is 11.9 Å². The molecule has 0 aliphatic heterocycles. The van der Waals surface area contributed by atoms with Crippen molar-refractivity contribution in [2.75, 3.05) is 18.5 Å². The number of aromatic hydroxyl groups is 1. The fourth-order valence-electron chi connectivity index (χ4n) is 4.02. The van der Waals surface area contributed by atoms with E-state index in [1.54, 1.807) is 6.92 Å². The summed E-state index contributed by atoms with van der Waals surface area (Å²) in [5, 5.41) is 14.9. The smallest absolute Gasteiger partial charge is 0.342 e. The van der Waals surface area contributed by atoms with Crippen LogP contribution in [-0.4, -0.2) is 36.2 Å². The number of anilines is 1. The number of benzene rings is 2. The number of thiophene rings is 1. The molecule has 7 nitrogen and oxygen atoms in total. The van der Waals surface area contributed by atoms with Gasteiger partial charge in [0.15, 0.2) is 6.61 Å². The molecule has 2 aromatic carbocycles. The van der Waals surface area contributed by atoms with Gasteiger partial charge in [0.2, 0.25) is 0 Å². The molecule has 0 saturated carbocycles. The van der Waals surface area contributed by atoms with Gasteiger partial charge in [-0.3, -0.25) is 4.79 Å². The monoisotopic (exact) mass is 467 g/mol. The third-order valence-electron chi connectivity index (χ3n) is 5.66. The van der Waals surface area contributed by atoms with E-state index in [1.807, 2.05) is 24.3 Å². The van der Waals surface area contributed by atoms with Gasteiger partial charge < -0.3 is 19.9 Å². The Bertz CT molecular complexity index is 1230. The van der Waals surface area contributed by atoms with Crippen LogP contribution in [0.5, 0.6) is 5.75 Å². The molecule has 4 rings (SSSR count). The van der Waals surface area contributed by atoms with Crippen molar-refractivity contribution < 1.29 is 29.0 Å². The molecule has 1 unspecified atom stereocenters. The Morgan fingerprint density at radius 2 is 1.85 bits per heavy atom. The number of carbonyl (C=O) groups is 3. The van der Waals surface area contributed by atoms with E-state index in [4.69, 9.17) is 9.47 Å². The van der Waals surface area contributed by atoms with Crippen LogP contribution < -0.4 is 5.32 Å². The number of nitrogens with one attached hydrogen (secondary N) is 1. The zero-order chi connectivity index (χ0) is 23.5. The van der Waals surface area contributed by atoms with Crippen LogP contribution in [0.25, 0.3) is 10.8 Å². The standard InChI is InChI=1S/C25H25NO6S/c1-3-31-25(30)22-17-9-8-14(2)10-20(17)33-23(22)26-21(28)13-32-24(29)18-11-15-6-4-5-7-16(15)12-19(18)27/h4-7,11-12,14,27H,3,8-10,13H2,1-2H3,(H,26,28). The predicted molar refractivity (Wildman–Crippen MR) is 126 cm³/mol. The first kappa shape index (κ1) is 22.8. The summed E-state index contributed by atoms with van der Waals surface area (Å²) in [6, 6.07) is 10.3. The molecular weight excluding hydrogens is 442 g/mol. The van der Waals surface area contributed by atoms with Crippen LogP contribution in [0.1, 0.15) is 51.4 Å². The van der Waals surface area contributed by atoms with Gasteiger partial charge in [-0.1, -0.05) is 31.2 Å². The van der Waals surface area contributed by atoms with E-state index < -0.39 is 24.5 Å². The number of ether oxygens (including phenoxy) is 2. The number of fused-ring (bicyclic) bond motifs is 2. The van der Waals surface area contributed by atoms with Crippen LogP contribution in [0.3, 0.4) is 0 Å². The van der Waals surface area contributed by atoms with Crippen LogP contribution >= 0.6 is 11.3 Å². The first-order valence-electron chi connectivity index (χ1n) is 10.9. The molecule has 0 spiro atoms. The summed E-state index contributed by atoms with van der Waals surface area (Å²) in [6.07, 6.45) is 2.57. The molecular formula is C25H25NO6S. The number of phenolic OH excluding ortho intramolecular Hbond substituents is 1. The van der Waals surface area contributed by atoms with E-state index in [0.29, 0.717) is 16.5 Å². The van der Waals surface area contributed by atoms with Gasteiger partial charge in [0.1, 0.15) is 16.3 Å². The second kappa shape index (κ2) is 9.62. The molecule has 1 aliphatic rings. The summed E-state index contributed by atoms with van der Waals surface area (Å²) in [5.74, 6) is -1.55. The molecule has 0 fully saturated rings. The Morgan fingerprint density at radius 1 is 1.12 bits per heavy atom. The van der Waals surface area contributed by atoms with Crippen LogP contribution in [0.2, 0.25) is 0 Å². The van der Waals surface area contributed by atoms with Crippen LogP contribution in [0, 0.1) is 5.92 Å². The first-order chi connectivity index (χ1) is 15.9. The van der Waals surface area contributed by atoms with E-state index >= 15 is 0 Å². The Balaban J connectivity index is 1.47. The van der Waals surface area contributed by atoms with Gasteiger partial charge in [0.05, 0.1) is 12.2 Å². The Labute approximate surface area is 195 Å². The zero-order valence-corrected chi connectivity index (χ0v) is 19.3. The molecule has 1 amide bonds. The van der Waals surface area contributed by atoms with E-state index in [2.05, 4.69) is 12.2 Å². The lowest BCUT2D eigenvalue weighted by atomic mass is 9.88. The third-order valence-corrected chi connectivity index (χ3v) is 6.83. The van der Waals surface area contributed by atoms with Crippen molar-refractivity contribution in [3.05, 3.63) is 58.0 Å². The zero-order valence-electron chi connectivity index (χ0n) is 18.5. The Kier molecular flexibility index (Phi) is 6.65. The van der Waals surface area contributed by atoms with Crippen molar-refractivity contribution in [1.29, 1.82) is 0 Å². The van der Waals surface area contributed by atoms with Crippen molar-refractivity contribution in [1.82, 2.24) is 0 Å². The summed E-state index contributed by atoms with van der Waals surface area (Å²) in [4.78, 5) is 38.7. The molecule has 0 radical (unpaired) electrons.